The molecule has 4 nitrogen and oxygen atoms in total. The fraction of sp³-hybridized carbons (Fsp3) is 0.400. The number of ether oxygens (including phenoxy) is 1. The Balaban J connectivity index is 2.57. The lowest BCUT2D eigenvalue weighted by molar-refractivity contribution is 0.413. The number of hydrogen-bond donors (Lipinski definition) is 1. The fourth-order valence-corrected chi connectivity index (χ4v) is 1.20. The van der Waals surface area contributed by atoms with Crippen LogP contribution in [0.25, 0.3) is 0 Å². The Morgan fingerprint density at radius 2 is 2.33 bits per heavy atom. The SMILES string of the molecule is COc1ccc(N(C)CCC(N)=S)nc1. The van der Waals surface area contributed by atoms with Crippen molar-refractivity contribution < 1.29 is 4.74 Å². The van der Waals surface area contributed by atoms with Crippen molar-refractivity contribution >= 4 is 23.0 Å². The van der Waals surface area contributed by atoms with Crippen LogP contribution < -0.4 is 15.4 Å². The second-order valence-corrected chi connectivity index (χ2v) is 3.72. The van der Waals surface area contributed by atoms with Crippen LogP contribution in [0.2, 0.25) is 0 Å². The molecule has 1 aromatic heterocycles. The summed E-state index contributed by atoms with van der Waals surface area (Å²) in [4.78, 5) is 6.77. The first-order valence-corrected chi connectivity index (χ1v) is 5.04. The van der Waals surface area contributed by atoms with E-state index in [9.17, 15) is 0 Å². The minimum atomic E-state index is 0.523. The summed E-state index contributed by atoms with van der Waals surface area (Å²) in [6.07, 6.45) is 2.38. The van der Waals surface area contributed by atoms with E-state index in [1.807, 2.05) is 24.1 Å². The van der Waals surface area contributed by atoms with Gasteiger partial charge in [-0.2, -0.15) is 0 Å². The molecule has 0 bridgehead atoms. The van der Waals surface area contributed by atoms with Crippen LogP contribution in [0, 0.1) is 0 Å². The summed E-state index contributed by atoms with van der Waals surface area (Å²) in [5.74, 6) is 1.63. The summed E-state index contributed by atoms with van der Waals surface area (Å²) in [7, 11) is 3.57. The van der Waals surface area contributed by atoms with Crippen molar-refractivity contribution in [1.82, 2.24) is 4.98 Å². The van der Waals surface area contributed by atoms with Gasteiger partial charge in [-0.15, -0.1) is 0 Å². The lowest BCUT2D eigenvalue weighted by Gasteiger charge is -2.17. The van der Waals surface area contributed by atoms with E-state index in [0.717, 1.165) is 18.1 Å². The highest BCUT2D eigenvalue weighted by molar-refractivity contribution is 7.80. The van der Waals surface area contributed by atoms with E-state index >= 15 is 0 Å². The lowest BCUT2D eigenvalue weighted by atomic mass is 10.3. The number of nitrogens with two attached hydrogens (primary N) is 1. The zero-order valence-electron chi connectivity index (χ0n) is 8.93. The quantitative estimate of drug-likeness (QED) is 0.763. The van der Waals surface area contributed by atoms with Crippen molar-refractivity contribution in [3.8, 4) is 5.75 Å². The summed E-state index contributed by atoms with van der Waals surface area (Å²) in [6.45, 7) is 0.772. The maximum atomic E-state index is 5.43. The molecular formula is C10H15N3OS. The van der Waals surface area contributed by atoms with E-state index in [1.165, 1.54) is 0 Å². The molecule has 0 atom stereocenters. The molecule has 1 rings (SSSR count). The summed E-state index contributed by atoms with van der Waals surface area (Å²) >= 11 is 4.81. The number of nitrogens with zero attached hydrogens (tertiary/aromatic N) is 2. The number of thiocarbonyl (C=S) groups is 1. The van der Waals surface area contributed by atoms with Gasteiger partial charge in [0, 0.05) is 20.0 Å². The second-order valence-electron chi connectivity index (χ2n) is 3.19. The van der Waals surface area contributed by atoms with Gasteiger partial charge in [0.05, 0.1) is 18.3 Å². The first-order chi connectivity index (χ1) is 7.13. The molecule has 0 aliphatic rings. The molecule has 0 saturated carbocycles. The zero-order chi connectivity index (χ0) is 11.3. The van der Waals surface area contributed by atoms with Gasteiger partial charge in [0.25, 0.3) is 0 Å². The third kappa shape index (κ3) is 3.71. The Morgan fingerprint density at radius 1 is 1.60 bits per heavy atom. The van der Waals surface area contributed by atoms with Gasteiger partial charge in [0.15, 0.2) is 0 Å². The zero-order valence-corrected chi connectivity index (χ0v) is 9.75. The van der Waals surface area contributed by atoms with Crippen molar-refractivity contribution in [1.29, 1.82) is 0 Å². The maximum Gasteiger partial charge on any atom is 0.137 e. The van der Waals surface area contributed by atoms with Crippen molar-refractivity contribution in [3.63, 3.8) is 0 Å². The number of anilines is 1. The van der Waals surface area contributed by atoms with Gasteiger partial charge in [-0.3, -0.25) is 0 Å². The number of aromatic nitrogens is 1. The summed E-state index contributed by atoms with van der Waals surface area (Å²) in [5.41, 5.74) is 5.43. The Morgan fingerprint density at radius 3 is 2.80 bits per heavy atom. The van der Waals surface area contributed by atoms with E-state index < -0.39 is 0 Å². The monoisotopic (exact) mass is 225 g/mol. The molecule has 5 heteroatoms. The highest BCUT2D eigenvalue weighted by Crippen LogP contribution is 2.14. The third-order valence-corrected chi connectivity index (χ3v) is 2.25. The average Bonchev–Trinajstić information content (AvgIpc) is 2.26. The fourth-order valence-electron chi connectivity index (χ4n) is 1.11. The smallest absolute Gasteiger partial charge is 0.137 e. The van der Waals surface area contributed by atoms with Crippen LogP contribution in [0.15, 0.2) is 18.3 Å². The van der Waals surface area contributed by atoms with E-state index in [1.54, 1.807) is 13.3 Å². The minimum Gasteiger partial charge on any atom is -0.495 e. The normalized spacial score (nSPS) is 9.73. The van der Waals surface area contributed by atoms with Gasteiger partial charge in [-0.1, -0.05) is 12.2 Å². The molecule has 82 valence electrons. The van der Waals surface area contributed by atoms with E-state index in [0.29, 0.717) is 11.4 Å². The Bertz CT molecular complexity index is 326. The molecule has 0 unspecified atom stereocenters. The molecule has 0 aromatic carbocycles. The highest BCUT2D eigenvalue weighted by atomic mass is 32.1. The predicted molar refractivity (Wildman–Crippen MR) is 65.5 cm³/mol. The molecule has 1 heterocycles. The largest absolute Gasteiger partial charge is 0.495 e. The molecule has 15 heavy (non-hydrogen) atoms. The molecular weight excluding hydrogens is 210 g/mol. The van der Waals surface area contributed by atoms with E-state index in [4.69, 9.17) is 22.7 Å². The first kappa shape index (κ1) is 11.7. The van der Waals surface area contributed by atoms with E-state index in [-0.39, 0.29) is 0 Å². The number of methoxy groups -OCH3 is 1. The molecule has 1 aromatic rings. The van der Waals surface area contributed by atoms with Gasteiger partial charge in [0.2, 0.25) is 0 Å². The molecule has 0 fully saturated rings. The second kappa shape index (κ2) is 5.50. The maximum absolute atomic E-state index is 5.43. The number of pyridine rings is 1. The third-order valence-electron chi connectivity index (χ3n) is 2.04. The summed E-state index contributed by atoms with van der Waals surface area (Å²) < 4.78 is 5.03. The van der Waals surface area contributed by atoms with Crippen LogP contribution in [-0.2, 0) is 0 Å². The Kier molecular flexibility index (Phi) is 4.30. The van der Waals surface area contributed by atoms with Crippen LogP contribution in [0.4, 0.5) is 5.82 Å². The van der Waals surface area contributed by atoms with E-state index in [2.05, 4.69) is 4.98 Å². The van der Waals surface area contributed by atoms with Crippen molar-refractivity contribution in [2.24, 2.45) is 5.73 Å². The highest BCUT2D eigenvalue weighted by Gasteiger charge is 2.02. The summed E-state index contributed by atoms with van der Waals surface area (Å²) in [6, 6.07) is 3.78. The van der Waals surface area contributed by atoms with Gasteiger partial charge in [0.1, 0.15) is 11.6 Å². The topological polar surface area (TPSA) is 51.4 Å². The minimum absolute atomic E-state index is 0.523. The molecule has 0 aliphatic heterocycles. The number of hydrogen-bond acceptors (Lipinski definition) is 4. The molecule has 2 N–H and O–H groups in total. The van der Waals surface area contributed by atoms with Gasteiger partial charge < -0.3 is 15.4 Å². The van der Waals surface area contributed by atoms with Crippen molar-refractivity contribution in [2.45, 2.75) is 6.42 Å². The Hall–Kier alpha value is -1.36. The van der Waals surface area contributed by atoms with Crippen molar-refractivity contribution in [3.05, 3.63) is 18.3 Å². The van der Waals surface area contributed by atoms with Crippen molar-refractivity contribution in [2.75, 3.05) is 25.6 Å². The van der Waals surface area contributed by atoms with Gasteiger partial charge >= 0.3 is 0 Å². The summed E-state index contributed by atoms with van der Waals surface area (Å²) in [5, 5.41) is 0. The lowest BCUT2D eigenvalue weighted by Crippen LogP contribution is -2.23. The molecule has 0 saturated heterocycles. The number of rotatable bonds is 5. The molecule has 0 aliphatic carbocycles. The molecule has 0 spiro atoms. The van der Waals surface area contributed by atoms with Crippen LogP contribution in [0.5, 0.6) is 5.75 Å². The standard InChI is InChI=1S/C10H15N3OS/c1-13(6-5-9(11)15)10-4-3-8(14-2)7-12-10/h3-4,7H,5-6H2,1-2H3,(H2,11,15). The van der Waals surface area contributed by atoms with Crippen LogP contribution in [-0.4, -0.2) is 30.7 Å². The first-order valence-electron chi connectivity index (χ1n) is 4.63. The van der Waals surface area contributed by atoms with Crippen LogP contribution in [0.3, 0.4) is 0 Å². The average molecular weight is 225 g/mol. The van der Waals surface area contributed by atoms with Crippen LogP contribution >= 0.6 is 12.2 Å². The van der Waals surface area contributed by atoms with Crippen LogP contribution in [0.1, 0.15) is 6.42 Å². The molecule has 0 amide bonds. The molecule has 0 radical (unpaired) electrons. The Labute approximate surface area is 95.0 Å². The van der Waals surface area contributed by atoms with Gasteiger partial charge in [-0.05, 0) is 12.1 Å². The van der Waals surface area contributed by atoms with Gasteiger partial charge in [-0.25, -0.2) is 4.98 Å². The predicted octanol–water partition coefficient (Wildman–Crippen LogP) is 1.20.